The molecule has 0 N–H and O–H groups in total. The maximum absolute atomic E-state index is 4.70. The second kappa shape index (κ2) is 6.34. The third-order valence-corrected chi connectivity index (χ3v) is 4.89. The molecule has 0 amide bonds. The molecule has 0 atom stereocenters. The zero-order valence-electron chi connectivity index (χ0n) is 15.7. The maximum atomic E-state index is 4.70. The second-order valence-corrected chi connectivity index (χ2v) is 6.95. The molecular weight excluding hydrogens is 318 g/mol. The molecule has 0 aliphatic rings. The van der Waals surface area contributed by atoms with E-state index in [0.717, 1.165) is 16.9 Å². The topological polar surface area (TPSA) is 20.5 Å². The summed E-state index contributed by atoms with van der Waals surface area (Å²) in [5.41, 5.74) is 9.44. The van der Waals surface area contributed by atoms with E-state index in [2.05, 4.69) is 75.3 Å². The van der Waals surface area contributed by atoms with Crippen molar-refractivity contribution < 1.29 is 0 Å². The minimum Gasteiger partial charge on any atom is -0.344 e. The first-order chi connectivity index (χ1) is 12.5. The minimum absolute atomic E-state index is 0.967. The van der Waals surface area contributed by atoms with Gasteiger partial charge in [0.05, 0.1) is 5.69 Å². The van der Waals surface area contributed by atoms with E-state index in [1.54, 1.807) is 0 Å². The van der Waals surface area contributed by atoms with Crippen molar-refractivity contribution in [2.24, 2.45) is 0 Å². The number of aryl methyl sites for hydroxylation is 3. The Hall–Kier alpha value is -3.07. The molecule has 26 heavy (non-hydrogen) atoms. The van der Waals surface area contributed by atoms with Crippen LogP contribution in [0.5, 0.6) is 0 Å². The number of fused-ring (bicyclic) bond motifs is 1. The predicted molar refractivity (Wildman–Crippen MR) is 109 cm³/mol. The van der Waals surface area contributed by atoms with Crippen LogP contribution in [-0.4, -0.2) is 16.4 Å². The first kappa shape index (κ1) is 16.4. The molecule has 0 unspecified atom stereocenters. The van der Waals surface area contributed by atoms with Crippen molar-refractivity contribution in [1.29, 1.82) is 0 Å². The van der Waals surface area contributed by atoms with Gasteiger partial charge in [0, 0.05) is 36.4 Å². The van der Waals surface area contributed by atoms with Crippen LogP contribution >= 0.6 is 0 Å². The smallest absolute Gasteiger partial charge is 0.137 e. The van der Waals surface area contributed by atoms with E-state index in [0.29, 0.717) is 0 Å². The molecule has 0 aliphatic carbocycles. The Morgan fingerprint density at radius 1 is 0.885 bits per heavy atom. The van der Waals surface area contributed by atoms with E-state index in [9.17, 15) is 0 Å². The third kappa shape index (κ3) is 2.86. The number of pyridine rings is 1. The molecule has 3 heteroatoms. The van der Waals surface area contributed by atoms with Crippen LogP contribution in [0.25, 0.3) is 16.9 Å². The lowest BCUT2D eigenvalue weighted by molar-refractivity contribution is 1.15. The molecule has 2 aromatic heterocycles. The highest BCUT2D eigenvalue weighted by Gasteiger charge is 2.11. The van der Waals surface area contributed by atoms with Gasteiger partial charge in [0.1, 0.15) is 5.65 Å². The summed E-state index contributed by atoms with van der Waals surface area (Å²) in [6.07, 6.45) is 4.10. The fourth-order valence-electron chi connectivity index (χ4n) is 3.76. The number of benzene rings is 2. The molecule has 2 heterocycles. The summed E-state index contributed by atoms with van der Waals surface area (Å²) < 4.78 is 2.05. The number of nitrogens with zero attached hydrogens (tertiary/aromatic N) is 3. The van der Waals surface area contributed by atoms with Crippen molar-refractivity contribution in [2.75, 3.05) is 11.9 Å². The molecule has 0 saturated carbocycles. The van der Waals surface area contributed by atoms with E-state index in [1.165, 1.54) is 28.1 Å². The fourth-order valence-corrected chi connectivity index (χ4v) is 3.76. The molecule has 2 aromatic carbocycles. The fraction of sp³-hybridized carbons (Fsp3) is 0.174. The van der Waals surface area contributed by atoms with Crippen LogP contribution in [0.15, 0.2) is 67.0 Å². The number of hydrogen-bond acceptors (Lipinski definition) is 2. The Balaban J connectivity index is 1.67. The van der Waals surface area contributed by atoms with Gasteiger partial charge in [-0.15, -0.1) is 0 Å². The molecule has 4 aromatic rings. The molecule has 0 bridgehead atoms. The van der Waals surface area contributed by atoms with Gasteiger partial charge in [-0.2, -0.15) is 0 Å². The average molecular weight is 341 g/mol. The minimum atomic E-state index is 0.967. The standard InChI is InChI=1S/C23H23N3/c1-16-13-17(2)23(18(3)14-16)25(4)20-10-8-19(9-11-20)21-15-26-12-6-5-7-22(26)24-21/h5-15H,1-4H3. The van der Waals surface area contributed by atoms with Crippen molar-refractivity contribution in [3.63, 3.8) is 0 Å². The Bertz CT molecular complexity index is 1020. The van der Waals surface area contributed by atoms with Gasteiger partial charge >= 0.3 is 0 Å². The summed E-state index contributed by atoms with van der Waals surface area (Å²) in [7, 11) is 2.13. The molecule has 0 aliphatic heterocycles. The van der Waals surface area contributed by atoms with Gasteiger partial charge in [-0.3, -0.25) is 0 Å². The third-order valence-electron chi connectivity index (χ3n) is 4.89. The Kier molecular flexibility index (Phi) is 4.00. The summed E-state index contributed by atoms with van der Waals surface area (Å²) in [5, 5.41) is 0. The molecule has 130 valence electrons. The van der Waals surface area contributed by atoms with Gasteiger partial charge < -0.3 is 9.30 Å². The van der Waals surface area contributed by atoms with Gasteiger partial charge in [-0.25, -0.2) is 4.98 Å². The first-order valence-electron chi connectivity index (χ1n) is 8.89. The van der Waals surface area contributed by atoms with Crippen LogP contribution in [-0.2, 0) is 0 Å². The SMILES string of the molecule is Cc1cc(C)c(N(C)c2ccc(-c3cn4ccccc4n3)cc2)c(C)c1. The van der Waals surface area contributed by atoms with Crippen LogP contribution in [0, 0.1) is 20.8 Å². The van der Waals surface area contributed by atoms with Gasteiger partial charge in [-0.05, 0) is 56.2 Å². The highest BCUT2D eigenvalue weighted by Crippen LogP contribution is 2.32. The number of aromatic nitrogens is 2. The Morgan fingerprint density at radius 3 is 2.23 bits per heavy atom. The monoisotopic (exact) mass is 341 g/mol. The van der Waals surface area contributed by atoms with Crippen molar-refractivity contribution in [3.8, 4) is 11.3 Å². The van der Waals surface area contributed by atoms with Gasteiger partial charge in [0.15, 0.2) is 0 Å². The van der Waals surface area contributed by atoms with Crippen molar-refractivity contribution in [2.45, 2.75) is 20.8 Å². The van der Waals surface area contributed by atoms with E-state index in [4.69, 9.17) is 4.98 Å². The van der Waals surface area contributed by atoms with Crippen LogP contribution in [0.2, 0.25) is 0 Å². The molecule has 3 nitrogen and oxygen atoms in total. The summed E-state index contributed by atoms with van der Waals surface area (Å²) in [6, 6.07) is 19.1. The van der Waals surface area contributed by atoms with Crippen molar-refractivity contribution in [1.82, 2.24) is 9.38 Å². The Morgan fingerprint density at radius 2 is 1.58 bits per heavy atom. The molecule has 4 rings (SSSR count). The Labute approximate surface area is 154 Å². The lowest BCUT2D eigenvalue weighted by Gasteiger charge is -2.24. The summed E-state index contributed by atoms with van der Waals surface area (Å²) in [4.78, 5) is 6.96. The van der Waals surface area contributed by atoms with Gasteiger partial charge in [0.25, 0.3) is 0 Å². The first-order valence-corrected chi connectivity index (χ1v) is 8.89. The normalized spacial score (nSPS) is 11.1. The van der Waals surface area contributed by atoms with E-state index in [-0.39, 0.29) is 0 Å². The molecule has 0 saturated heterocycles. The van der Waals surface area contributed by atoms with E-state index < -0.39 is 0 Å². The lowest BCUT2D eigenvalue weighted by atomic mass is 10.0. The number of imidazole rings is 1. The zero-order chi connectivity index (χ0) is 18.3. The highest BCUT2D eigenvalue weighted by atomic mass is 15.1. The summed E-state index contributed by atoms with van der Waals surface area (Å²) in [5.74, 6) is 0. The lowest BCUT2D eigenvalue weighted by Crippen LogP contribution is -2.12. The molecule has 0 spiro atoms. The number of rotatable bonds is 3. The summed E-state index contributed by atoms with van der Waals surface area (Å²) in [6.45, 7) is 6.50. The molecular formula is C23H23N3. The quantitative estimate of drug-likeness (QED) is 0.477. The van der Waals surface area contributed by atoms with Gasteiger partial charge in [-0.1, -0.05) is 35.9 Å². The van der Waals surface area contributed by atoms with Crippen molar-refractivity contribution in [3.05, 3.63) is 83.7 Å². The average Bonchev–Trinajstić information content (AvgIpc) is 3.05. The highest BCUT2D eigenvalue weighted by molar-refractivity contribution is 5.72. The van der Waals surface area contributed by atoms with Crippen LogP contribution < -0.4 is 4.90 Å². The van der Waals surface area contributed by atoms with Gasteiger partial charge in [0.2, 0.25) is 0 Å². The van der Waals surface area contributed by atoms with Crippen LogP contribution in [0.4, 0.5) is 11.4 Å². The number of hydrogen-bond donors (Lipinski definition) is 0. The molecule has 0 radical (unpaired) electrons. The second-order valence-electron chi connectivity index (χ2n) is 6.95. The molecule has 0 fully saturated rings. The van der Waals surface area contributed by atoms with E-state index in [1.807, 2.05) is 28.8 Å². The van der Waals surface area contributed by atoms with E-state index >= 15 is 0 Å². The number of anilines is 2. The summed E-state index contributed by atoms with van der Waals surface area (Å²) >= 11 is 0. The van der Waals surface area contributed by atoms with Crippen LogP contribution in [0.1, 0.15) is 16.7 Å². The van der Waals surface area contributed by atoms with Crippen molar-refractivity contribution >= 4 is 17.0 Å². The zero-order valence-corrected chi connectivity index (χ0v) is 15.7. The largest absolute Gasteiger partial charge is 0.344 e. The maximum Gasteiger partial charge on any atom is 0.137 e. The predicted octanol–water partition coefficient (Wildman–Crippen LogP) is 5.69. The van der Waals surface area contributed by atoms with Crippen LogP contribution in [0.3, 0.4) is 0 Å².